The quantitative estimate of drug-likeness (QED) is 0.641. The van der Waals surface area contributed by atoms with Gasteiger partial charge in [-0.3, -0.25) is 4.98 Å². The van der Waals surface area contributed by atoms with Crippen molar-refractivity contribution in [1.29, 1.82) is 5.26 Å². The molecule has 2 rings (SSSR count). The Morgan fingerprint density at radius 1 is 1.62 bits per heavy atom. The monoisotopic (exact) mass is 171 g/mol. The Hall–Kier alpha value is -1.82. The van der Waals surface area contributed by atoms with E-state index in [1.165, 1.54) is 0 Å². The van der Waals surface area contributed by atoms with E-state index in [1.54, 1.807) is 12.4 Å². The van der Waals surface area contributed by atoms with Gasteiger partial charge in [0, 0.05) is 18.0 Å². The Morgan fingerprint density at radius 2 is 2.46 bits per heavy atom. The van der Waals surface area contributed by atoms with E-state index in [0.29, 0.717) is 0 Å². The summed E-state index contributed by atoms with van der Waals surface area (Å²) in [5.74, 6) is 0. The van der Waals surface area contributed by atoms with Crippen LogP contribution in [0, 0.1) is 11.3 Å². The van der Waals surface area contributed by atoms with Crippen molar-refractivity contribution >= 4 is 6.08 Å². The normalized spacial score (nSPS) is 24.3. The number of nitriles is 1. The molecule has 1 atom stereocenters. The van der Waals surface area contributed by atoms with E-state index in [9.17, 15) is 0 Å². The summed E-state index contributed by atoms with van der Waals surface area (Å²) in [6, 6.07) is 6.00. The molecule has 64 valence electrons. The van der Waals surface area contributed by atoms with Gasteiger partial charge in [-0.05, 0) is 19.1 Å². The third-order valence-electron chi connectivity index (χ3n) is 2.21. The summed E-state index contributed by atoms with van der Waals surface area (Å²) in [6.07, 6.45) is 5.36. The Morgan fingerprint density at radius 3 is 3.23 bits per heavy atom. The maximum atomic E-state index is 9.02. The fourth-order valence-corrected chi connectivity index (χ4v) is 1.43. The molecule has 13 heavy (non-hydrogen) atoms. The van der Waals surface area contributed by atoms with Crippen LogP contribution >= 0.6 is 0 Å². The van der Waals surface area contributed by atoms with E-state index in [2.05, 4.69) is 16.4 Å². The molecule has 0 amide bonds. The predicted octanol–water partition coefficient (Wildman–Crippen LogP) is 1.39. The van der Waals surface area contributed by atoms with E-state index in [1.807, 2.05) is 25.1 Å². The molecule has 3 nitrogen and oxygen atoms in total. The smallest absolute Gasteiger partial charge is 0.149 e. The van der Waals surface area contributed by atoms with Crippen molar-refractivity contribution in [3.63, 3.8) is 0 Å². The van der Waals surface area contributed by atoms with E-state index in [0.717, 1.165) is 11.3 Å². The lowest BCUT2D eigenvalue weighted by atomic mass is 9.90. The van der Waals surface area contributed by atoms with Gasteiger partial charge < -0.3 is 5.32 Å². The molecule has 1 N–H and O–H groups in total. The first kappa shape index (κ1) is 7.81. The summed E-state index contributed by atoms with van der Waals surface area (Å²) in [6.45, 7) is 1.84. The van der Waals surface area contributed by atoms with Gasteiger partial charge in [0.2, 0.25) is 0 Å². The van der Waals surface area contributed by atoms with Gasteiger partial charge >= 0.3 is 0 Å². The van der Waals surface area contributed by atoms with Gasteiger partial charge in [0.15, 0.2) is 0 Å². The molecular formula is C10H9N3. The third-order valence-corrected chi connectivity index (χ3v) is 2.21. The zero-order valence-electron chi connectivity index (χ0n) is 7.28. The molecule has 0 aromatic carbocycles. The molecule has 1 aromatic heterocycles. The van der Waals surface area contributed by atoms with Crippen LogP contribution in [0.25, 0.3) is 6.08 Å². The maximum Gasteiger partial charge on any atom is 0.149 e. The minimum atomic E-state index is -0.641. The fraction of sp³-hybridized carbons (Fsp3) is 0.200. The van der Waals surface area contributed by atoms with Crippen molar-refractivity contribution in [3.8, 4) is 6.07 Å². The molecule has 0 radical (unpaired) electrons. The number of hydrogen-bond acceptors (Lipinski definition) is 3. The molecule has 1 aliphatic rings. The zero-order chi connectivity index (χ0) is 9.31. The Labute approximate surface area is 76.7 Å². The molecule has 1 aromatic rings. The van der Waals surface area contributed by atoms with Crippen LogP contribution in [0.2, 0.25) is 0 Å². The second-order valence-electron chi connectivity index (χ2n) is 3.15. The molecular weight excluding hydrogens is 162 g/mol. The predicted molar refractivity (Wildman–Crippen MR) is 49.4 cm³/mol. The lowest BCUT2D eigenvalue weighted by Gasteiger charge is -2.26. The van der Waals surface area contributed by atoms with Crippen molar-refractivity contribution in [2.24, 2.45) is 0 Å². The van der Waals surface area contributed by atoms with E-state index < -0.39 is 5.54 Å². The first-order valence-corrected chi connectivity index (χ1v) is 4.07. The summed E-state index contributed by atoms with van der Waals surface area (Å²) < 4.78 is 0. The van der Waals surface area contributed by atoms with Gasteiger partial charge in [-0.2, -0.15) is 5.26 Å². The summed E-state index contributed by atoms with van der Waals surface area (Å²) in [4.78, 5) is 4.18. The van der Waals surface area contributed by atoms with Gasteiger partial charge in [0.05, 0.1) is 11.8 Å². The molecule has 0 spiro atoms. The number of nitrogens with one attached hydrogen (secondary N) is 1. The van der Waals surface area contributed by atoms with E-state index in [-0.39, 0.29) is 0 Å². The highest BCUT2D eigenvalue weighted by Crippen LogP contribution is 2.26. The molecule has 0 saturated heterocycles. The van der Waals surface area contributed by atoms with Crippen molar-refractivity contribution in [2.45, 2.75) is 12.5 Å². The van der Waals surface area contributed by atoms with Crippen LogP contribution in [0.3, 0.4) is 0 Å². The van der Waals surface area contributed by atoms with Crippen LogP contribution in [0.15, 0.2) is 24.5 Å². The number of rotatable bonds is 0. The van der Waals surface area contributed by atoms with Gasteiger partial charge in [-0.25, -0.2) is 0 Å². The number of hydrogen-bond donors (Lipinski definition) is 1. The van der Waals surface area contributed by atoms with Crippen molar-refractivity contribution < 1.29 is 0 Å². The number of nitrogens with zero attached hydrogens (tertiary/aromatic N) is 2. The Balaban J connectivity index is 2.64. The van der Waals surface area contributed by atoms with Crippen molar-refractivity contribution in [2.75, 3.05) is 0 Å². The number of fused-ring (bicyclic) bond motifs is 1. The van der Waals surface area contributed by atoms with Gasteiger partial charge in [-0.1, -0.05) is 6.07 Å². The van der Waals surface area contributed by atoms with E-state index in [4.69, 9.17) is 5.26 Å². The fourth-order valence-electron chi connectivity index (χ4n) is 1.43. The van der Waals surface area contributed by atoms with Crippen LogP contribution in [0.5, 0.6) is 0 Å². The topological polar surface area (TPSA) is 48.7 Å². The summed E-state index contributed by atoms with van der Waals surface area (Å²) in [7, 11) is 0. The molecule has 1 unspecified atom stereocenters. The summed E-state index contributed by atoms with van der Waals surface area (Å²) in [5, 5.41) is 12.0. The summed E-state index contributed by atoms with van der Waals surface area (Å²) >= 11 is 0. The van der Waals surface area contributed by atoms with Crippen molar-refractivity contribution in [1.82, 2.24) is 10.3 Å². The van der Waals surface area contributed by atoms with Gasteiger partial charge in [0.1, 0.15) is 5.54 Å². The average Bonchev–Trinajstić information content (AvgIpc) is 2.19. The minimum Gasteiger partial charge on any atom is -0.370 e. The SMILES string of the molecule is CC1(C#N)NC=Cc2ncccc21. The zero-order valence-corrected chi connectivity index (χ0v) is 7.28. The van der Waals surface area contributed by atoms with Crippen LogP contribution < -0.4 is 5.32 Å². The van der Waals surface area contributed by atoms with Crippen molar-refractivity contribution in [3.05, 3.63) is 35.8 Å². The molecule has 2 heterocycles. The molecule has 0 aliphatic carbocycles. The lowest BCUT2D eigenvalue weighted by molar-refractivity contribution is 0.535. The molecule has 0 saturated carbocycles. The molecule has 0 fully saturated rings. The largest absolute Gasteiger partial charge is 0.370 e. The number of aromatic nitrogens is 1. The molecule has 1 aliphatic heterocycles. The molecule has 3 heteroatoms. The van der Waals surface area contributed by atoms with Crippen LogP contribution in [-0.2, 0) is 5.54 Å². The minimum absolute atomic E-state index is 0.641. The third kappa shape index (κ3) is 1.07. The standard InChI is InChI=1S/C10H9N3/c1-10(7-11)8-3-2-5-12-9(8)4-6-13-10/h2-6,13H,1H3. The lowest BCUT2D eigenvalue weighted by Crippen LogP contribution is -2.37. The number of pyridine rings is 1. The van der Waals surface area contributed by atoms with Crippen LogP contribution in [0.4, 0.5) is 0 Å². The maximum absolute atomic E-state index is 9.02. The van der Waals surface area contributed by atoms with Gasteiger partial charge in [-0.15, -0.1) is 0 Å². The van der Waals surface area contributed by atoms with Crippen LogP contribution in [0.1, 0.15) is 18.2 Å². The average molecular weight is 171 g/mol. The first-order chi connectivity index (χ1) is 6.26. The second kappa shape index (κ2) is 2.60. The van der Waals surface area contributed by atoms with Gasteiger partial charge in [0.25, 0.3) is 0 Å². The first-order valence-electron chi connectivity index (χ1n) is 4.07. The highest BCUT2D eigenvalue weighted by Gasteiger charge is 2.29. The Bertz CT molecular complexity index is 403. The highest BCUT2D eigenvalue weighted by atomic mass is 15.0. The van der Waals surface area contributed by atoms with E-state index >= 15 is 0 Å². The second-order valence-corrected chi connectivity index (χ2v) is 3.15. The van der Waals surface area contributed by atoms with Crippen LogP contribution in [-0.4, -0.2) is 4.98 Å². The highest BCUT2D eigenvalue weighted by molar-refractivity contribution is 5.56. The Kier molecular flexibility index (Phi) is 1.56. The molecule has 0 bridgehead atoms. The summed E-state index contributed by atoms with van der Waals surface area (Å²) in [5.41, 5.74) is 1.16.